The first-order valence-electron chi connectivity index (χ1n) is 10.4. The number of oxazole rings is 1. The Morgan fingerprint density at radius 3 is 2.62 bits per heavy atom. The monoisotopic (exact) mass is 429 g/mol. The van der Waals surface area contributed by atoms with Crippen LogP contribution in [0.4, 0.5) is 11.4 Å². The van der Waals surface area contributed by atoms with Crippen LogP contribution in [-0.4, -0.2) is 21.2 Å². The second kappa shape index (κ2) is 8.63. The molecule has 0 aliphatic heterocycles. The fraction of sp³-hybridized carbons (Fsp3) is 0.200. The lowest BCUT2D eigenvalue weighted by Gasteiger charge is -2.07. The quantitative estimate of drug-likeness (QED) is 0.209. The molecule has 3 aromatic carbocycles. The van der Waals surface area contributed by atoms with Crippen molar-refractivity contribution in [2.45, 2.75) is 33.1 Å². The number of rotatable bonds is 6. The molecule has 7 heteroatoms. The van der Waals surface area contributed by atoms with Crippen molar-refractivity contribution in [3.8, 4) is 17.2 Å². The molecule has 0 saturated carbocycles. The van der Waals surface area contributed by atoms with E-state index in [1.165, 1.54) is 17.8 Å². The van der Waals surface area contributed by atoms with Crippen molar-refractivity contribution in [3.63, 3.8) is 0 Å². The van der Waals surface area contributed by atoms with Crippen molar-refractivity contribution in [2.75, 3.05) is 0 Å². The van der Waals surface area contributed by atoms with Crippen molar-refractivity contribution in [1.29, 1.82) is 0 Å². The molecule has 162 valence electrons. The number of aryl methyl sites for hydroxylation is 1. The average Bonchev–Trinajstić information content (AvgIpc) is 3.22. The van der Waals surface area contributed by atoms with E-state index in [0.717, 1.165) is 23.1 Å². The zero-order chi connectivity index (χ0) is 22.8. The minimum Gasteiger partial charge on any atom is -0.502 e. The van der Waals surface area contributed by atoms with Crippen molar-refractivity contribution in [2.24, 2.45) is 4.99 Å². The predicted octanol–water partition coefficient (Wildman–Crippen LogP) is 6.68. The highest BCUT2D eigenvalue weighted by molar-refractivity contribution is 5.88. The van der Waals surface area contributed by atoms with Gasteiger partial charge in [0.05, 0.1) is 10.6 Å². The van der Waals surface area contributed by atoms with Crippen LogP contribution in [-0.2, 0) is 0 Å². The maximum atomic E-state index is 11.1. The van der Waals surface area contributed by atoms with Crippen LogP contribution in [0.5, 0.6) is 5.75 Å². The van der Waals surface area contributed by atoms with E-state index in [4.69, 9.17) is 4.42 Å². The summed E-state index contributed by atoms with van der Waals surface area (Å²) in [5, 5.41) is 21.2. The SMILES string of the molecule is CC[C@@H](C)c1ccc2oc(-c3ccc(N=Cc4cc(C)cc([N+](=O)[O-])c4O)cc3)nc2c1. The molecule has 0 fully saturated rings. The second-order valence-corrected chi connectivity index (χ2v) is 7.84. The molecule has 0 aliphatic rings. The molecular weight excluding hydrogens is 406 g/mol. The first kappa shape index (κ1) is 21.2. The third-order valence-electron chi connectivity index (χ3n) is 5.52. The molecule has 4 aromatic rings. The lowest BCUT2D eigenvalue weighted by Crippen LogP contribution is -1.93. The number of hydrogen-bond donors (Lipinski definition) is 1. The smallest absolute Gasteiger partial charge is 0.311 e. The average molecular weight is 429 g/mol. The van der Waals surface area contributed by atoms with Gasteiger partial charge in [-0.2, -0.15) is 0 Å². The van der Waals surface area contributed by atoms with Gasteiger partial charge in [-0.05, 0) is 72.9 Å². The van der Waals surface area contributed by atoms with E-state index in [0.29, 0.717) is 23.1 Å². The Balaban J connectivity index is 1.58. The van der Waals surface area contributed by atoms with Gasteiger partial charge in [-0.1, -0.05) is 19.9 Å². The highest BCUT2D eigenvalue weighted by Gasteiger charge is 2.17. The zero-order valence-corrected chi connectivity index (χ0v) is 18.1. The molecule has 1 N–H and O–H groups in total. The molecule has 7 nitrogen and oxygen atoms in total. The van der Waals surface area contributed by atoms with E-state index in [2.05, 4.69) is 36.0 Å². The van der Waals surface area contributed by atoms with Crippen LogP contribution in [0, 0.1) is 17.0 Å². The fourth-order valence-corrected chi connectivity index (χ4v) is 3.47. The summed E-state index contributed by atoms with van der Waals surface area (Å²) in [6.45, 7) is 6.08. The van der Waals surface area contributed by atoms with Crippen LogP contribution in [0.1, 0.15) is 42.9 Å². The van der Waals surface area contributed by atoms with Crippen LogP contribution in [0.25, 0.3) is 22.6 Å². The lowest BCUT2D eigenvalue weighted by atomic mass is 9.98. The van der Waals surface area contributed by atoms with Crippen LogP contribution in [0.2, 0.25) is 0 Å². The van der Waals surface area contributed by atoms with Crippen LogP contribution in [0.15, 0.2) is 64.0 Å². The Morgan fingerprint density at radius 1 is 1.19 bits per heavy atom. The molecule has 1 aromatic heterocycles. The summed E-state index contributed by atoms with van der Waals surface area (Å²) in [4.78, 5) is 19.4. The maximum Gasteiger partial charge on any atom is 0.311 e. The summed E-state index contributed by atoms with van der Waals surface area (Å²) in [6.07, 6.45) is 2.48. The number of benzene rings is 3. The number of nitro benzene ring substituents is 1. The van der Waals surface area contributed by atoms with Gasteiger partial charge in [-0.15, -0.1) is 0 Å². The summed E-state index contributed by atoms with van der Waals surface area (Å²) >= 11 is 0. The number of aromatic hydroxyl groups is 1. The Labute approximate surface area is 185 Å². The topological polar surface area (TPSA) is 102 Å². The van der Waals surface area contributed by atoms with E-state index >= 15 is 0 Å². The molecule has 0 spiro atoms. The molecule has 0 bridgehead atoms. The predicted molar refractivity (Wildman–Crippen MR) is 125 cm³/mol. The molecule has 0 saturated heterocycles. The molecule has 32 heavy (non-hydrogen) atoms. The number of nitrogens with zero attached hydrogens (tertiary/aromatic N) is 3. The normalized spacial score (nSPS) is 12.5. The second-order valence-electron chi connectivity index (χ2n) is 7.84. The molecule has 0 unspecified atom stereocenters. The van der Waals surface area contributed by atoms with Crippen molar-refractivity contribution < 1.29 is 14.4 Å². The third-order valence-corrected chi connectivity index (χ3v) is 5.52. The van der Waals surface area contributed by atoms with Gasteiger partial charge in [0.25, 0.3) is 0 Å². The van der Waals surface area contributed by atoms with Gasteiger partial charge in [0, 0.05) is 23.4 Å². The van der Waals surface area contributed by atoms with Gasteiger partial charge in [0.15, 0.2) is 5.58 Å². The van der Waals surface area contributed by atoms with E-state index < -0.39 is 10.7 Å². The summed E-state index contributed by atoms with van der Waals surface area (Å²) in [7, 11) is 0. The number of hydrogen-bond acceptors (Lipinski definition) is 6. The summed E-state index contributed by atoms with van der Waals surface area (Å²) in [5.41, 5.74) is 4.88. The van der Waals surface area contributed by atoms with E-state index in [-0.39, 0.29) is 11.3 Å². The van der Waals surface area contributed by atoms with Crippen molar-refractivity contribution in [1.82, 2.24) is 4.98 Å². The number of fused-ring (bicyclic) bond motifs is 1. The molecule has 0 amide bonds. The summed E-state index contributed by atoms with van der Waals surface area (Å²) < 4.78 is 5.91. The highest BCUT2D eigenvalue weighted by Crippen LogP contribution is 2.31. The molecule has 4 rings (SSSR count). The Morgan fingerprint density at radius 2 is 1.94 bits per heavy atom. The minimum atomic E-state index is -0.610. The number of nitro groups is 1. The number of aromatic nitrogens is 1. The van der Waals surface area contributed by atoms with E-state index in [1.807, 2.05) is 18.2 Å². The first-order chi connectivity index (χ1) is 15.4. The third kappa shape index (κ3) is 4.23. The molecule has 1 atom stereocenters. The van der Waals surface area contributed by atoms with Gasteiger partial charge in [0.2, 0.25) is 11.6 Å². The largest absolute Gasteiger partial charge is 0.502 e. The van der Waals surface area contributed by atoms with Gasteiger partial charge in [-0.3, -0.25) is 15.1 Å². The molecule has 0 radical (unpaired) electrons. The van der Waals surface area contributed by atoms with Crippen LogP contribution in [0.3, 0.4) is 0 Å². The summed E-state index contributed by atoms with van der Waals surface area (Å²) in [6, 6.07) is 16.4. The molecule has 1 heterocycles. The van der Waals surface area contributed by atoms with Crippen LogP contribution < -0.4 is 0 Å². The maximum absolute atomic E-state index is 11.1. The first-order valence-corrected chi connectivity index (χ1v) is 10.4. The lowest BCUT2D eigenvalue weighted by molar-refractivity contribution is -0.385. The Bertz CT molecular complexity index is 1320. The molecule has 0 aliphatic carbocycles. The van der Waals surface area contributed by atoms with Gasteiger partial charge in [-0.25, -0.2) is 4.98 Å². The van der Waals surface area contributed by atoms with E-state index in [9.17, 15) is 15.2 Å². The van der Waals surface area contributed by atoms with Gasteiger partial charge >= 0.3 is 5.69 Å². The highest BCUT2D eigenvalue weighted by atomic mass is 16.6. The zero-order valence-electron chi connectivity index (χ0n) is 18.1. The standard InChI is InChI=1S/C25H23N3O4/c1-4-16(3)18-7-10-23-21(13-18)27-25(32-23)17-5-8-20(9-6-17)26-14-19-11-15(2)12-22(24(19)29)28(30)31/h5-14,16,29H,4H2,1-3H3/t16-/m1/s1. The molecular formula is C25H23N3O4. The minimum absolute atomic E-state index is 0.289. The van der Waals surface area contributed by atoms with Gasteiger partial charge in [0.1, 0.15) is 5.52 Å². The fourth-order valence-electron chi connectivity index (χ4n) is 3.47. The van der Waals surface area contributed by atoms with Gasteiger partial charge < -0.3 is 9.52 Å². The number of phenols is 1. The number of phenolic OH excluding ortho intramolecular Hbond substituents is 1. The van der Waals surface area contributed by atoms with Crippen molar-refractivity contribution >= 4 is 28.7 Å². The van der Waals surface area contributed by atoms with Crippen LogP contribution >= 0.6 is 0 Å². The van der Waals surface area contributed by atoms with E-state index in [1.54, 1.807) is 25.1 Å². The Kier molecular flexibility index (Phi) is 5.73. The number of aliphatic imine (C=N–C) groups is 1. The van der Waals surface area contributed by atoms with Crippen molar-refractivity contribution in [3.05, 3.63) is 81.4 Å². The summed E-state index contributed by atoms with van der Waals surface area (Å²) in [5.74, 6) is 0.596. The Hall–Kier alpha value is -4.00.